The molecule has 5 heteroatoms. The van der Waals surface area contributed by atoms with Gasteiger partial charge in [0.15, 0.2) is 0 Å². The van der Waals surface area contributed by atoms with Crippen LogP contribution in [0.25, 0.3) is 0 Å². The van der Waals surface area contributed by atoms with Gasteiger partial charge in [-0.05, 0) is 30.2 Å². The molecule has 1 atom stereocenters. The molecule has 1 unspecified atom stereocenters. The average molecular weight is 333 g/mol. The third-order valence-corrected chi connectivity index (χ3v) is 3.74. The highest BCUT2D eigenvalue weighted by Gasteiger charge is 2.19. The van der Waals surface area contributed by atoms with Crippen LogP contribution < -0.4 is 10.5 Å². The summed E-state index contributed by atoms with van der Waals surface area (Å²) in [6, 6.07) is 16.0. The van der Waals surface area contributed by atoms with Crippen LogP contribution in [0.15, 0.2) is 54.6 Å². The normalized spacial score (nSPS) is 11.8. The van der Waals surface area contributed by atoms with Gasteiger partial charge in [0.2, 0.25) is 5.91 Å². The van der Waals surface area contributed by atoms with Crippen LogP contribution in [0.4, 0.5) is 0 Å². The van der Waals surface area contributed by atoms with E-state index >= 15 is 0 Å². The van der Waals surface area contributed by atoms with Crippen molar-refractivity contribution in [3.05, 3.63) is 65.2 Å². The van der Waals surface area contributed by atoms with Gasteiger partial charge in [0.25, 0.3) is 0 Å². The molecule has 2 aromatic carbocycles. The van der Waals surface area contributed by atoms with Crippen LogP contribution in [0.2, 0.25) is 5.02 Å². The van der Waals surface area contributed by atoms with Crippen molar-refractivity contribution < 1.29 is 9.53 Å². The van der Waals surface area contributed by atoms with Gasteiger partial charge in [-0.15, -0.1) is 0 Å². The van der Waals surface area contributed by atoms with Crippen molar-refractivity contribution in [3.63, 3.8) is 0 Å². The van der Waals surface area contributed by atoms with Gasteiger partial charge in [-0.1, -0.05) is 48.0 Å². The second-order valence-corrected chi connectivity index (χ2v) is 5.74. The number of likely N-dealkylation sites (N-methyl/N-ethyl adjacent to an activating group) is 1. The molecule has 0 bridgehead atoms. The second kappa shape index (κ2) is 8.56. The summed E-state index contributed by atoms with van der Waals surface area (Å²) in [6.07, 6.45) is 0.719. The Kier molecular flexibility index (Phi) is 6.44. The molecule has 0 saturated heterocycles. The number of rotatable bonds is 7. The number of hydrogen-bond donors (Lipinski definition) is 1. The molecule has 122 valence electrons. The summed E-state index contributed by atoms with van der Waals surface area (Å²) in [5.74, 6) is 0.631. The lowest BCUT2D eigenvalue weighted by Crippen LogP contribution is -2.36. The number of nitrogens with two attached hydrogens (primary N) is 1. The smallest absolute Gasteiger partial charge is 0.243 e. The first-order valence-electron chi connectivity index (χ1n) is 7.52. The van der Waals surface area contributed by atoms with E-state index in [1.54, 1.807) is 24.1 Å². The van der Waals surface area contributed by atoms with Gasteiger partial charge in [-0.25, -0.2) is 0 Å². The van der Waals surface area contributed by atoms with E-state index in [1.165, 1.54) is 0 Å². The predicted molar refractivity (Wildman–Crippen MR) is 92.6 cm³/mol. The summed E-state index contributed by atoms with van der Waals surface area (Å²) in [5, 5.41) is 0.642. The molecule has 2 aromatic rings. The summed E-state index contributed by atoms with van der Waals surface area (Å²) in [4.78, 5) is 13.9. The molecular weight excluding hydrogens is 312 g/mol. The van der Waals surface area contributed by atoms with E-state index in [9.17, 15) is 4.79 Å². The van der Waals surface area contributed by atoms with Gasteiger partial charge in [-0.3, -0.25) is 4.79 Å². The van der Waals surface area contributed by atoms with Crippen LogP contribution in [-0.4, -0.2) is 31.0 Å². The van der Waals surface area contributed by atoms with Crippen LogP contribution in [0.1, 0.15) is 18.0 Å². The Hall–Kier alpha value is -2.04. The van der Waals surface area contributed by atoms with E-state index in [1.807, 2.05) is 42.5 Å². The number of carbonyl (C=O) groups is 1. The molecule has 2 rings (SSSR count). The standard InChI is InChI=1S/C18H21ClN2O2/c1-21(18(22)17(20)14-7-3-2-4-8-14)11-6-12-23-16-10-5-9-15(19)13-16/h2-5,7-10,13,17H,6,11-12,20H2,1H3. The molecule has 2 N–H and O–H groups in total. The molecular formula is C18H21ClN2O2. The van der Waals surface area contributed by atoms with Crippen LogP contribution >= 0.6 is 11.6 Å². The highest BCUT2D eigenvalue weighted by molar-refractivity contribution is 6.30. The Balaban J connectivity index is 1.76. The quantitative estimate of drug-likeness (QED) is 0.792. The molecule has 1 amide bonds. The Bertz CT molecular complexity index is 634. The molecule has 0 aliphatic rings. The second-order valence-electron chi connectivity index (χ2n) is 5.31. The maximum absolute atomic E-state index is 12.3. The van der Waals surface area contributed by atoms with Gasteiger partial charge < -0.3 is 15.4 Å². The third kappa shape index (κ3) is 5.27. The molecule has 0 spiro atoms. The van der Waals surface area contributed by atoms with Crippen molar-refractivity contribution in [2.45, 2.75) is 12.5 Å². The molecule has 4 nitrogen and oxygen atoms in total. The van der Waals surface area contributed by atoms with E-state index in [2.05, 4.69) is 0 Å². The van der Waals surface area contributed by atoms with Gasteiger partial charge in [0, 0.05) is 18.6 Å². The fourth-order valence-corrected chi connectivity index (χ4v) is 2.38. The zero-order valence-electron chi connectivity index (χ0n) is 13.1. The van der Waals surface area contributed by atoms with Crippen molar-refractivity contribution in [2.24, 2.45) is 5.73 Å². The SMILES string of the molecule is CN(CCCOc1cccc(Cl)c1)C(=O)C(N)c1ccccc1. The minimum absolute atomic E-state index is 0.0982. The largest absolute Gasteiger partial charge is 0.493 e. The van der Waals surface area contributed by atoms with Gasteiger partial charge in [0.05, 0.1) is 6.61 Å². The van der Waals surface area contributed by atoms with Crippen LogP contribution in [-0.2, 0) is 4.79 Å². The molecule has 0 radical (unpaired) electrons. The van der Waals surface area contributed by atoms with Crippen LogP contribution in [0.5, 0.6) is 5.75 Å². The van der Waals surface area contributed by atoms with E-state index in [4.69, 9.17) is 22.1 Å². The Morgan fingerprint density at radius 3 is 2.65 bits per heavy atom. The first-order chi connectivity index (χ1) is 11.1. The lowest BCUT2D eigenvalue weighted by molar-refractivity contribution is -0.131. The van der Waals surface area contributed by atoms with E-state index in [-0.39, 0.29) is 5.91 Å². The van der Waals surface area contributed by atoms with Crippen LogP contribution in [0, 0.1) is 0 Å². The summed E-state index contributed by atoms with van der Waals surface area (Å²) in [5.41, 5.74) is 6.83. The van der Waals surface area contributed by atoms with Gasteiger partial charge in [0.1, 0.15) is 11.8 Å². The third-order valence-electron chi connectivity index (χ3n) is 3.50. The highest BCUT2D eigenvalue weighted by Crippen LogP contribution is 2.17. The number of nitrogens with zero attached hydrogens (tertiary/aromatic N) is 1. The van der Waals surface area contributed by atoms with E-state index in [0.29, 0.717) is 18.2 Å². The Labute approximate surface area is 141 Å². The Morgan fingerprint density at radius 1 is 1.22 bits per heavy atom. The zero-order valence-corrected chi connectivity index (χ0v) is 13.9. The summed E-state index contributed by atoms with van der Waals surface area (Å²) >= 11 is 5.90. The minimum Gasteiger partial charge on any atom is -0.493 e. The predicted octanol–water partition coefficient (Wildman–Crippen LogP) is 3.27. The number of ether oxygens (including phenoxy) is 1. The summed E-state index contributed by atoms with van der Waals surface area (Å²) in [6.45, 7) is 1.10. The van der Waals surface area contributed by atoms with Crippen molar-refractivity contribution >= 4 is 17.5 Å². The Morgan fingerprint density at radius 2 is 1.96 bits per heavy atom. The number of hydrogen-bond acceptors (Lipinski definition) is 3. The highest BCUT2D eigenvalue weighted by atomic mass is 35.5. The van der Waals surface area contributed by atoms with E-state index < -0.39 is 6.04 Å². The van der Waals surface area contributed by atoms with E-state index in [0.717, 1.165) is 17.7 Å². The maximum atomic E-state index is 12.3. The zero-order chi connectivity index (χ0) is 16.7. The fraction of sp³-hybridized carbons (Fsp3) is 0.278. The number of halogens is 1. The molecule has 23 heavy (non-hydrogen) atoms. The molecule has 0 heterocycles. The first-order valence-corrected chi connectivity index (χ1v) is 7.89. The van der Waals surface area contributed by atoms with Crippen molar-refractivity contribution in [1.82, 2.24) is 4.90 Å². The number of carbonyl (C=O) groups excluding carboxylic acids is 1. The molecule has 0 aliphatic heterocycles. The molecule has 0 aliphatic carbocycles. The first kappa shape index (κ1) is 17.3. The number of benzene rings is 2. The summed E-state index contributed by atoms with van der Waals surface area (Å²) < 4.78 is 5.61. The van der Waals surface area contributed by atoms with Crippen molar-refractivity contribution in [3.8, 4) is 5.75 Å². The van der Waals surface area contributed by atoms with Gasteiger partial charge in [-0.2, -0.15) is 0 Å². The fourth-order valence-electron chi connectivity index (χ4n) is 2.20. The lowest BCUT2D eigenvalue weighted by Gasteiger charge is -2.21. The molecule has 0 fully saturated rings. The molecule has 0 saturated carbocycles. The monoisotopic (exact) mass is 332 g/mol. The lowest BCUT2D eigenvalue weighted by atomic mass is 10.1. The van der Waals surface area contributed by atoms with Gasteiger partial charge >= 0.3 is 0 Å². The van der Waals surface area contributed by atoms with Crippen molar-refractivity contribution in [1.29, 1.82) is 0 Å². The average Bonchev–Trinajstić information content (AvgIpc) is 2.58. The summed E-state index contributed by atoms with van der Waals surface area (Å²) in [7, 11) is 1.75. The maximum Gasteiger partial charge on any atom is 0.243 e. The van der Waals surface area contributed by atoms with Crippen LogP contribution in [0.3, 0.4) is 0 Å². The van der Waals surface area contributed by atoms with Crippen molar-refractivity contribution in [2.75, 3.05) is 20.2 Å². The minimum atomic E-state index is -0.630. The molecule has 0 aromatic heterocycles. The topological polar surface area (TPSA) is 55.6 Å². The number of amides is 1.